The average Bonchev–Trinajstić information content (AvgIpc) is 3.01. The summed E-state index contributed by atoms with van der Waals surface area (Å²) in [4.78, 5) is 12.1. The number of nitrogens with one attached hydrogen (secondary N) is 1. The number of aromatic nitrogens is 2. The number of carbonyl (C=O) groups excluding carboxylic acids is 1. The molecule has 0 saturated heterocycles. The standard InChI is InChI=1S/C16H21ClN4O3S3/c1-4-25-16-20-19-15(26-16)18-14(22)9-6-10-21(27(3,23)24)13-8-5-7-12(17)11(13)2/h5,7-8H,4,6,9-10H2,1-3H3,(H,18,19,22). The lowest BCUT2D eigenvalue weighted by molar-refractivity contribution is -0.116. The van der Waals surface area contributed by atoms with Crippen molar-refractivity contribution in [2.45, 2.75) is 31.0 Å². The van der Waals surface area contributed by atoms with Crippen LogP contribution >= 0.6 is 34.7 Å². The van der Waals surface area contributed by atoms with E-state index in [2.05, 4.69) is 15.5 Å². The van der Waals surface area contributed by atoms with Gasteiger partial charge in [-0.3, -0.25) is 9.10 Å². The minimum absolute atomic E-state index is 0.168. The van der Waals surface area contributed by atoms with Gasteiger partial charge in [0.25, 0.3) is 0 Å². The van der Waals surface area contributed by atoms with Crippen LogP contribution in [0, 0.1) is 6.92 Å². The van der Waals surface area contributed by atoms with Gasteiger partial charge in [-0.2, -0.15) is 0 Å². The van der Waals surface area contributed by atoms with Gasteiger partial charge in [0, 0.05) is 18.0 Å². The van der Waals surface area contributed by atoms with Crippen molar-refractivity contribution in [2.24, 2.45) is 0 Å². The zero-order chi connectivity index (χ0) is 20.0. The lowest BCUT2D eigenvalue weighted by Crippen LogP contribution is -2.32. The number of anilines is 2. The van der Waals surface area contributed by atoms with E-state index in [1.807, 2.05) is 6.92 Å². The lowest BCUT2D eigenvalue weighted by atomic mass is 10.2. The fraction of sp³-hybridized carbons (Fsp3) is 0.438. The minimum atomic E-state index is -3.50. The molecule has 0 fully saturated rings. The molecule has 1 aromatic carbocycles. The summed E-state index contributed by atoms with van der Waals surface area (Å²) >= 11 is 8.98. The molecule has 0 aliphatic rings. The van der Waals surface area contributed by atoms with E-state index in [-0.39, 0.29) is 18.9 Å². The van der Waals surface area contributed by atoms with Crippen molar-refractivity contribution < 1.29 is 13.2 Å². The van der Waals surface area contributed by atoms with Crippen molar-refractivity contribution in [3.8, 4) is 0 Å². The Labute approximate surface area is 172 Å². The Morgan fingerprint density at radius 2 is 2.11 bits per heavy atom. The molecule has 1 aromatic heterocycles. The largest absolute Gasteiger partial charge is 0.301 e. The van der Waals surface area contributed by atoms with Gasteiger partial charge in [-0.25, -0.2) is 8.42 Å². The molecule has 0 bridgehead atoms. The van der Waals surface area contributed by atoms with Gasteiger partial charge in [0.05, 0.1) is 11.9 Å². The fourth-order valence-corrected chi connectivity index (χ4v) is 5.19. The molecular weight excluding hydrogens is 428 g/mol. The van der Waals surface area contributed by atoms with Crippen LogP contribution < -0.4 is 9.62 Å². The number of carbonyl (C=O) groups is 1. The van der Waals surface area contributed by atoms with Crippen LogP contribution in [0.5, 0.6) is 0 Å². The van der Waals surface area contributed by atoms with Crippen LogP contribution in [0.2, 0.25) is 5.02 Å². The van der Waals surface area contributed by atoms with Crippen molar-refractivity contribution >= 4 is 61.4 Å². The van der Waals surface area contributed by atoms with Crippen LogP contribution in [0.3, 0.4) is 0 Å². The van der Waals surface area contributed by atoms with Crippen molar-refractivity contribution in [3.05, 3.63) is 28.8 Å². The molecule has 0 radical (unpaired) electrons. The number of benzene rings is 1. The normalized spacial score (nSPS) is 11.4. The summed E-state index contributed by atoms with van der Waals surface area (Å²) in [5.41, 5.74) is 1.21. The third-order valence-electron chi connectivity index (χ3n) is 3.59. The first kappa shape index (κ1) is 21.9. The molecule has 1 heterocycles. The second kappa shape index (κ2) is 9.72. The highest BCUT2D eigenvalue weighted by Gasteiger charge is 2.20. The Morgan fingerprint density at radius 3 is 2.78 bits per heavy atom. The molecule has 0 aliphatic heterocycles. The molecule has 11 heteroatoms. The number of thioether (sulfide) groups is 1. The Balaban J connectivity index is 1.97. The fourth-order valence-electron chi connectivity index (χ4n) is 2.34. The Morgan fingerprint density at radius 1 is 1.37 bits per heavy atom. The molecule has 148 valence electrons. The quantitative estimate of drug-likeness (QED) is 0.463. The summed E-state index contributed by atoms with van der Waals surface area (Å²) in [6.45, 7) is 3.96. The molecule has 0 atom stereocenters. The van der Waals surface area contributed by atoms with E-state index >= 15 is 0 Å². The Kier molecular flexibility index (Phi) is 7.90. The highest BCUT2D eigenvalue weighted by Crippen LogP contribution is 2.28. The average molecular weight is 449 g/mol. The van der Waals surface area contributed by atoms with Crippen LogP contribution in [-0.4, -0.2) is 43.1 Å². The van der Waals surface area contributed by atoms with Gasteiger partial charge >= 0.3 is 0 Å². The molecule has 0 saturated carbocycles. The number of hydrogen-bond acceptors (Lipinski definition) is 7. The summed E-state index contributed by atoms with van der Waals surface area (Å²) in [5.74, 6) is 0.655. The third kappa shape index (κ3) is 6.34. The molecule has 1 amide bonds. The molecule has 27 heavy (non-hydrogen) atoms. The highest BCUT2D eigenvalue weighted by atomic mass is 35.5. The van der Waals surface area contributed by atoms with Gasteiger partial charge in [-0.15, -0.1) is 10.2 Å². The summed E-state index contributed by atoms with van der Waals surface area (Å²) in [6.07, 6.45) is 1.67. The van der Waals surface area contributed by atoms with Crippen LogP contribution in [0.25, 0.3) is 0 Å². The molecule has 2 rings (SSSR count). The maximum absolute atomic E-state index is 12.2. The zero-order valence-corrected chi connectivity index (χ0v) is 18.4. The van der Waals surface area contributed by atoms with Gasteiger partial charge in [0.2, 0.25) is 21.1 Å². The number of nitrogens with zero attached hydrogens (tertiary/aromatic N) is 3. The van der Waals surface area contributed by atoms with E-state index in [1.165, 1.54) is 15.6 Å². The van der Waals surface area contributed by atoms with E-state index in [4.69, 9.17) is 11.6 Å². The minimum Gasteiger partial charge on any atom is -0.301 e. The highest BCUT2D eigenvalue weighted by molar-refractivity contribution is 8.01. The smallest absolute Gasteiger partial charge is 0.232 e. The lowest BCUT2D eigenvalue weighted by Gasteiger charge is -2.24. The maximum atomic E-state index is 12.2. The number of hydrogen-bond donors (Lipinski definition) is 1. The molecule has 1 N–H and O–H groups in total. The number of sulfonamides is 1. The summed E-state index contributed by atoms with van der Waals surface area (Å²) in [6, 6.07) is 5.12. The van der Waals surface area contributed by atoms with Gasteiger partial charge in [-0.05, 0) is 36.8 Å². The molecule has 0 aliphatic carbocycles. The third-order valence-corrected chi connectivity index (χ3v) is 7.04. The van der Waals surface area contributed by atoms with Gasteiger partial charge < -0.3 is 5.32 Å². The van der Waals surface area contributed by atoms with Crippen LogP contribution in [-0.2, 0) is 14.8 Å². The number of rotatable bonds is 9. The predicted molar refractivity (Wildman–Crippen MR) is 113 cm³/mol. The van der Waals surface area contributed by atoms with Crippen molar-refractivity contribution in [1.29, 1.82) is 0 Å². The molecule has 7 nitrogen and oxygen atoms in total. The van der Waals surface area contributed by atoms with Crippen molar-refractivity contribution in [3.63, 3.8) is 0 Å². The topological polar surface area (TPSA) is 92.3 Å². The zero-order valence-electron chi connectivity index (χ0n) is 15.2. The van der Waals surface area contributed by atoms with Crippen LogP contribution in [0.15, 0.2) is 22.5 Å². The summed E-state index contributed by atoms with van der Waals surface area (Å²) in [7, 11) is -3.50. The van der Waals surface area contributed by atoms with Gasteiger partial charge in [-0.1, -0.05) is 47.7 Å². The molecule has 2 aromatic rings. The van der Waals surface area contributed by atoms with Crippen molar-refractivity contribution in [2.75, 3.05) is 28.2 Å². The SMILES string of the molecule is CCSc1nnc(NC(=O)CCCN(c2cccc(Cl)c2C)S(C)(=O)=O)s1. The first-order valence-electron chi connectivity index (χ1n) is 8.21. The monoisotopic (exact) mass is 448 g/mol. The first-order valence-corrected chi connectivity index (χ1v) is 12.2. The Bertz CT molecular complexity index is 902. The second-order valence-corrected chi connectivity index (χ2v) is 10.5. The van der Waals surface area contributed by atoms with Gasteiger partial charge in [0.1, 0.15) is 0 Å². The van der Waals surface area contributed by atoms with E-state index in [9.17, 15) is 13.2 Å². The molecular formula is C16H21ClN4O3S3. The van der Waals surface area contributed by atoms with E-state index < -0.39 is 10.0 Å². The van der Waals surface area contributed by atoms with Crippen LogP contribution in [0.1, 0.15) is 25.3 Å². The van der Waals surface area contributed by atoms with Crippen molar-refractivity contribution in [1.82, 2.24) is 10.2 Å². The molecule has 0 unspecified atom stereocenters. The predicted octanol–water partition coefficient (Wildman–Crippen LogP) is 3.80. The van der Waals surface area contributed by atoms with E-state index in [0.717, 1.165) is 16.3 Å². The summed E-state index contributed by atoms with van der Waals surface area (Å²) < 4.78 is 26.5. The number of amides is 1. The first-order chi connectivity index (χ1) is 12.7. The molecule has 0 spiro atoms. The second-order valence-electron chi connectivity index (χ2n) is 5.68. The number of halogens is 1. The summed E-state index contributed by atoms with van der Waals surface area (Å²) in [5, 5.41) is 11.5. The van der Waals surface area contributed by atoms with E-state index in [1.54, 1.807) is 36.9 Å². The van der Waals surface area contributed by atoms with Crippen LogP contribution in [0.4, 0.5) is 10.8 Å². The van der Waals surface area contributed by atoms with E-state index in [0.29, 0.717) is 27.8 Å². The maximum Gasteiger partial charge on any atom is 0.232 e. The Hall–Kier alpha value is -1.36. The van der Waals surface area contributed by atoms with Gasteiger partial charge in [0.15, 0.2) is 4.34 Å².